The lowest BCUT2D eigenvalue weighted by Gasteiger charge is -2.02. The second-order valence-corrected chi connectivity index (χ2v) is 3.43. The van der Waals surface area contributed by atoms with Gasteiger partial charge in [0, 0.05) is 5.57 Å². The fourth-order valence-electron chi connectivity index (χ4n) is 0.441. The number of carbonyl (C=O) groups excluding carboxylic acids is 1. The third kappa shape index (κ3) is 13.7. The van der Waals surface area contributed by atoms with Crippen LogP contribution < -0.4 is 0 Å². The van der Waals surface area contributed by atoms with Crippen molar-refractivity contribution in [2.24, 2.45) is 0 Å². The van der Waals surface area contributed by atoms with E-state index in [4.69, 9.17) is 4.74 Å². The molecule has 14 heavy (non-hydrogen) atoms. The third-order valence-corrected chi connectivity index (χ3v) is 1.15. The molecule has 3 nitrogen and oxygen atoms in total. The van der Waals surface area contributed by atoms with Gasteiger partial charge in [-0.05, 0) is 34.0 Å². The highest BCUT2D eigenvalue weighted by atomic mass is 16.5. The van der Waals surface area contributed by atoms with E-state index in [2.05, 4.69) is 6.58 Å². The van der Waals surface area contributed by atoms with Gasteiger partial charge in [-0.25, -0.2) is 4.79 Å². The van der Waals surface area contributed by atoms with E-state index in [1.165, 1.54) is 0 Å². The maximum atomic E-state index is 10.8. The highest BCUT2D eigenvalue weighted by Crippen LogP contribution is 1.99. The lowest BCUT2D eigenvalue weighted by atomic mass is 10.2. The normalized spacial score (nSPS) is 9.00. The van der Waals surface area contributed by atoms with Crippen molar-refractivity contribution in [3.8, 4) is 0 Å². The summed E-state index contributed by atoms with van der Waals surface area (Å²) in [5, 5.41) is 0. The van der Waals surface area contributed by atoms with Gasteiger partial charge in [0.2, 0.25) is 0 Å². The van der Waals surface area contributed by atoms with Crippen LogP contribution in [0.1, 0.15) is 26.7 Å². The van der Waals surface area contributed by atoms with Crippen molar-refractivity contribution >= 4 is 5.97 Å². The molecule has 0 fully saturated rings. The van der Waals surface area contributed by atoms with Gasteiger partial charge in [0.15, 0.2) is 0 Å². The molecule has 0 aromatic heterocycles. The van der Waals surface area contributed by atoms with E-state index >= 15 is 0 Å². The first-order valence-corrected chi connectivity index (χ1v) is 4.91. The minimum absolute atomic E-state index is 0.260. The van der Waals surface area contributed by atoms with E-state index in [0.29, 0.717) is 18.6 Å². The Labute approximate surface area is 87.7 Å². The first-order valence-electron chi connectivity index (χ1n) is 4.91. The molecule has 0 aliphatic rings. The molecular formula is C11H23NO2. The Morgan fingerprint density at radius 2 is 1.71 bits per heavy atom. The van der Waals surface area contributed by atoms with Crippen LogP contribution in [0.5, 0.6) is 0 Å². The topological polar surface area (TPSA) is 29.5 Å². The number of carbonyl (C=O) groups is 1. The van der Waals surface area contributed by atoms with Gasteiger partial charge in [0.05, 0.1) is 6.61 Å². The maximum absolute atomic E-state index is 10.8. The van der Waals surface area contributed by atoms with Crippen LogP contribution in [0.25, 0.3) is 0 Å². The summed E-state index contributed by atoms with van der Waals surface area (Å²) in [5.41, 5.74) is 0.549. The molecule has 0 aromatic rings. The van der Waals surface area contributed by atoms with Crippen LogP contribution in [0.4, 0.5) is 0 Å². The van der Waals surface area contributed by atoms with E-state index in [1.807, 2.05) is 39.9 Å². The Morgan fingerprint density at radius 1 is 1.29 bits per heavy atom. The predicted octanol–water partition coefficient (Wildman–Crippen LogP) is 2.08. The monoisotopic (exact) mass is 201 g/mol. The zero-order chi connectivity index (χ0) is 11.6. The third-order valence-electron chi connectivity index (χ3n) is 1.15. The van der Waals surface area contributed by atoms with E-state index in [1.54, 1.807) is 0 Å². The number of esters is 1. The van der Waals surface area contributed by atoms with Crippen LogP contribution in [-0.2, 0) is 9.53 Å². The first-order chi connectivity index (χ1) is 6.45. The summed E-state index contributed by atoms with van der Waals surface area (Å²) in [6, 6.07) is 0. The van der Waals surface area contributed by atoms with Crippen LogP contribution in [-0.4, -0.2) is 38.6 Å². The lowest BCUT2D eigenvalue weighted by molar-refractivity contribution is -0.139. The Kier molecular flexibility index (Phi) is 11.4. The van der Waals surface area contributed by atoms with Gasteiger partial charge >= 0.3 is 5.97 Å². The highest BCUT2D eigenvalue weighted by Gasteiger charge is 2.03. The Bertz CT molecular complexity index is 162. The highest BCUT2D eigenvalue weighted by molar-refractivity contribution is 5.87. The van der Waals surface area contributed by atoms with E-state index < -0.39 is 0 Å². The van der Waals surface area contributed by atoms with E-state index in [0.717, 1.165) is 6.42 Å². The Balaban J connectivity index is 0. The molecule has 84 valence electrons. The SMILES string of the molecule is C=C(CC)C(=O)OCCC.CN(C)C. The standard InChI is InChI=1S/C8H14O2.C3H9N/c1-4-6-10-8(9)7(3)5-2;1-4(2)3/h3-6H2,1-2H3;1-3H3. The zero-order valence-electron chi connectivity index (χ0n) is 10.1. The summed E-state index contributed by atoms with van der Waals surface area (Å²) >= 11 is 0. The Morgan fingerprint density at radius 3 is 2.00 bits per heavy atom. The van der Waals surface area contributed by atoms with Crippen molar-refractivity contribution in [2.75, 3.05) is 27.7 Å². The lowest BCUT2D eigenvalue weighted by Crippen LogP contribution is -2.06. The number of hydrogen-bond acceptors (Lipinski definition) is 3. The second-order valence-electron chi connectivity index (χ2n) is 3.43. The van der Waals surface area contributed by atoms with Crippen molar-refractivity contribution in [1.29, 1.82) is 0 Å². The molecule has 0 saturated heterocycles. The van der Waals surface area contributed by atoms with Gasteiger partial charge < -0.3 is 9.64 Å². The second kappa shape index (κ2) is 10.3. The molecule has 3 heteroatoms. The fraction of sp³-hybridized carbons (Fsp3) is 0.727. The largest absolute Gasteiger partial charge is 0.462 e. The van der Waals surface area contributed by atoms with Crippen LogP contribution in [0.2, 0.25) is 0 Å². The van der Waals surface area contributed by atoms with Crippen LogP contribution in [0.15, 0.2) is 12.2 Å². The number of nitrogens with zero attached hydrogens (tertiary/aromatic N) is 1. The molecule has 0 amide bonds. The Hall–Kier alpha value is -0.830. The fourth-order valence-corrected chi connectivity index (χ4v) is 0.441. The quantitative estimate of drug-likeness (QED) is 0.515. The minimum atomic E-state index is -0.260. The molecule has 0 spiro atoms. The zero-order valence-corrected chi connectivity index (χ0v) is 10.1. The van der Waals surface area contributed by atoms with Crippen molar-refractivity contribution in [1.82, 2.24) is 4.90 Å². The molecule has 0 aliphatic carbocycles. The molecule has 0 bridgehead atoms. The molecular weight excluding hydrogens is 178 g/mol. The summed E-state index contributed by atoms with van der Waals surface area (Å²) in [5.74, 6) is -0.260. The minimum Gasteiger partial charge on any atom is -0.462 e. The van der Waals surface area contributed by atoms with Crippen LogP contribution in [0, 0.1) is 0 Å². The first kappa shape index (κ1) is 15.6. The van der Waals surface area contributed by atoms with Crippen molar-refractivity contribution in [2.45, 2.75) is 26.7 Å². The molecule has 0 aliphatic heterocycles. The number of ether oxygens (including phenoxy) is 1. The molecule has 0 N–H and O–H groups in total. The van der Waals surface area contributed by atoms with Gasteiger partial charge in [-0.2, -0.15) is 0 Å². The van der Waals surface area contributed by atoms with Gasteiger partial charge in [-0.15, -0.1) is 0 Å². The van der Waals surface area contributed by atoms with E-state index in [-0.39, 0.29) is 5.97 Å². The summed E-state index contributed by atoms with van der Waals surface area (Å²) in [4.78, 5) is 12.8. The molecule has 0 rings (SSSR count). The maximum Gasteiger partial charge on any atom is 0.333 e. The molecule has 0 atom stereocenters. The van der Waals surface area contributed by atoms with Crippen LogP contribution >= 0.6 is 0 Å². The number of hydrogen-bond donors (Lipinski definition) is 0. The predicted molar refractivity (Wildman–Crippen MR) is 60.3 cm³/mol. The smallest absolute Gasteiger partial charge is 0.333 e. The summed E-state index contributed by atoms with van der Waals surface area (Å²) in [6.45, 7) is 7.89. The molecule has 0 aromatic carbocycles. The van der Waals surface area contributed by atoms with Gasteiger partial charge in [0.1, 0.15) is 0 Å². The summed E-state index contributed by atoms with van der Waals surface area (Å²) in [7, 11) is 6.00. The summed E-state index contributed by atoms with van der Waals surface area (Å²) in [6.07, 6.45) is 1.53. The van der Waals surface area contributed by atoms with Crippen molar-refractivity contribution < 1.29 is 9.53 Å². The number of rotatable bonds is 4. The molecule has 0 heterocycles. The van der Waals surface area contributed by atoms with Gasteiger partial charge in [0.25, 0.3) is 0 Å². The average molecular weight is 201 g/mol. The summed E-state index contributed by atoms with van der Waals surface area (Å²) < 4.78 is 4.81. The van der Waals surface area contributed by atoms with Crippen molar-refractivity contribution in [3.05, 3.63) is 12.2 Å². The molecule has 0 saturated carbocycles. The molecule has 0 unspecified atom stereocenters. The van der Waals surface area contributed by atoms with Crippen molar-refractivity contribution in [3.63, 3.8) is 0 Å². The van der Waals surface area contributed by atoms with Gasteiger partial charge in [-0.1, -0.05) is 20.4 Å². The average Bonchev–Trinajstić information content (AvgIpc) is 2.11. The van der Waals surface area contributed by atoms with Crippen LogP contribution in [0.3, 0.4) is 0 Å². The van der Waals surface area contributed by atoms with E-state index in [9.17, 15) is 4.79 Å². The van der Waals surface area contributed by atoms with Gasteiger partial charge in [-0.3, -0.25) is 0 Å². The molecule has 0 radical (unpaired) electrons.